The molecular weight excluding hydrogens is 636 g/mol. The molecule has 1 atom stereocenters. The van der Waals surface area contributed by atoms with Gasteiger partial charge < -0.3 is 29.9 Å². The number of benzene rings is 3. The lowest BCUT2D eigenvalue weighted by atomic mass is 10.0. The molecule has 0 bridgehead atoms. The molecule has 3 aromatic carbocycles. The third-order valence-electron chi connectivity index (χ3n) is 7.21. The molecule has 1 fully saturated rings. The van der Waals surface area contributed by atoms with Crippen LogP contribution in [0.5, 0.6) is 11.5 Å². The summed E-state index contributed by atoms with van der Waals surface area (Å²) in [5.41, 5.74) is 2.06. The Hall–Kier alpha value is -4.05. The van der Waals surface area contributed by atoms with Crippen LogP contribution in [0.2, 0.25) is 0 Å². The van der Waals surface area contributed by atoms with Crippen molar-refractivity contribution < 1.29 is 41.3 Å². The van der Waals surface area contributed by atoms with Crippen LogP contribution in [0.3, 0.4) is 0 Å². The Morgan fingerprint density at radius 3 is 2.28 bits per heavy atom. The highest BCUT2D eigenvalue weighted by Gasteiger charge is 2.21. The van der Waals surface area contributed by atoms with Gasteiger partial charge in [0.05, 0.1) is 29.9 Å². The lowest BCUT2D eigenvalue weighted by Crippen LogP contribution is -2.45. The molecule has 13 nitrogen and oxygen atoms in total. The van der Waals surface area contributed by atoms with Crippen molar-refractivity contribution >= 4 is 43.1 Å². The van der Waals surface area contributed by atoms with Crippen LogP contribution in [-0.4, -0.2) is 84.3 Å². The van der Waals surface area contributed by atoms with Crippen LogP contribution in [0.15, 0.2) is 71.6 Å². The van der Waals surface area contributed by atoms with Gasteiger partial charge in [0.2, 0.25) is 10.0 Å². The monoisotopic (exact) mass is 676 g/mol. The lowest BCUT2D eigenvalue weighted by molar-refractivity contribution is -0.142. The third kappa shape index (κ3) is 10.5. The Labute approximate surface area is 269 Å². The maximum absolute atomic E-state index is 12.9. The first-order valence-electron chi connectivity index (χ1n) is 14.8. The Morgan fingerprint density at radius 2 is 1.65 bits per heavy atom. The number of anilines is 3. The predicted octanol–water partition coefficient (Wildman–Crippen LogP) is 2.67. The summed E-state index contributed by atoms with van der Waals surface area (Å²) < 4.78 is 64.0. The molecule has 0 aromatic heterocycles. The molecule has 1 heterocycles. The number of hydrogen-bond acceptors (Lipinski definition) is 11. The maximum atomic E-state index is 12.9. The highest BCUT2D eigenvalue weighted by atomic mass is 32.2. The summed E-state index contributed by atoms with van der Waals surface area (Å²) in [7, 11) is -7.39. The summed E-state index contributed by atoms with van der Waals surface area (Å²) in [6.45, 7) is 3.85. The fraction of sp³-hybridized carbons (Fsp3) is 0.387. The van der Waals surface area contributed by atoms with Crippen LogP contribution in [0.25, 0.3) is 0 Å². The fourth-order valence-electron chi connectivity index (χ4n) is 4.90. The van der Waals surface area contributed by atoms with Gasteiger partial charge in [0, 0.05) is 43.1 Å². The Kier molecular flexibility index (Phi) is 11.7. The molecule has 1 saturated heterocycles. The van der Waals surface area contributed by atoms with Crippen LogP contribution < -0.4 is 24.4 Å². The van der Waals surface area contributed by atoms with E-state index in [0.29, 0.717) is 23.5 Å². The van der Waals surface area contributed by atoms with Crippen molar-refractivity contribution in [2.75, 3.05) is 53.4 Å². The molecule has 250 valence electrons. The number of aliphatic hydroxyl groups excluding tert-OH is 1. The normalized spacial score (nSPS) is 14.8. The van der Waals surface area contributed by atoms with Gasteiger partial charge in [-0.25, -0.2) is 16.8 Å². The third-order valence-corrected chi connectivity index (χ3v) is 9.20. The molecule has 46 heavy (non-hydrogen) atoms. The fourth-order valence-corrected chi connectivity index (χ4v) is 6.52. The predicted molar refractivity (Wildman–Crippen MR) is 175 cm³/mol. The second-order valence-electron chi connectivity index (χ2n) is 11.0. The molecule has 0 radical (unpaired) electrons. The first kappa shape index (κ1) is 34.8. The van der Waals surface area contributed by atoms with Crippen LogP contribution in [0, 0.1) is 0 Å². The topological polar surface area (TPSA) is 184 Å². The first-order valence-corrected chi connectivity index (χ1v) is 18.2. The minimum Gasteiger partial charge on any atom is -0.506 e. The van der Waals surface area contributed by atoms with E-state index in [1.165, 1.54) is 30.3 Å². The highest BCUT2D eigenvalue weighted by Crippen LogP contribution is 2.29. The molecule has 0 aliphatic carbocycles. The quantitative estimate of drug-likeness (QED) is 0.118. The standard InChI is InChI=1S/C31H40N4O9S2/c1-3-43-31(38)18-22-4-11-28(12-5-22)46(41,42)33-24-6-8-25(9-7-24)35-16-14-23(15-17-35)32-20-26(36)21-44-27-10-13-30(37)29(19-27)34-45(2,39)40/h4-13,19,23,26,32-34,36-37H,3,14-18,20-21H2,1-2H3/t26-/m0/s1. The summed E-state index contributed by atoms with van der Waals surface area (Å²) >= 11 is 0. The molecular formula is C31H40N4O9S2. The van der Waals surface area contributed by atoms with Crippen molar-refractivity contribution in [1.82, 2.24) is 5.32 Å². The molecule has 5 N–H and O–H groups in total. The van der Waals surface area contributed by atoms with Crippen molar-refractivity contribution in [2.24, 2.45) is 0 Å². The number of carbonyl (C=O) groups is 1. The van der Waals surface area contributed by atoms with Crippen molar-refractivity contribution in [3.8, 4) is 11.5 Å². The number of phenolic OH excluding ortho intramolecular Hbond substituents is 1. The Balaban J connectivity index is 1.20. The van der Waals surface area contributed by atoms with Gasteiger partial charge in [-0.05, 0) is 73.9 Å². The van der Waals surface area contributed by atoms with Crippen molar-refractivity contribution in [2.45, 2.75) is 43.2 Å². The van der Waals surface area contributed by atoms with Gasteiger partial charge in [0.1, 0.15) is 24.2 Å². The van der Waals surface area contributed by atoms with E-state index in [4.69, 9.17) is 9.47 Å². The zero-order chi connectivity index (χ0) is 33.3. The molecule has 1 aliphatic rings. The van der Waals surface area contributed by atoms with Crippen LogP contribution in [-0.2, 0) is 36.0 Å². The zero-order valence-electron chi connectivity index (χ0n) is 25.7. The van der Waals surface area contributed by atoms with E-state index >= 15 is 0 Å². The van der Waals surface area contributed by atoms with Gasteiger partial charge in [-0.2, -0.15) is 0 Å². The second kappa shape index (κ2) is 15.5. The van der Waals surface area contributed by atoms with Crippen molar-refractivity contribution in [3.63, 3.8) is 0 Å². The number of aliphatic hydroxyl groups is 1. The average molecular weight is 677 g/mol. The number of aromatic hydroxyl groups is 1. The number of sulfonamides is 2. The molecule has 0 spiro atoms. The summed E-state index contributed by atoms with van der Waals surface area (Å²) in [6, 6.07) is 17.6. The molecule has 3 aromatic rings. The number of nitrogens with zero attached hydrogens (tertiary/aromatic N) is 1. The highest BCUT2D eigenvalue weighted by molar-refractivity contribution is 7.92. The van der Waals surface area contributed by atoms with E-state index in [0.717, 1.165) is 37.9 Å². The number of esters is 1. The van der Waals surface area contributed by atoms with Crippen LogP contribution in [0.4, 0.5) is 17.1 Å². The number of piperidine rings is 1. The molecule has 15 heteroatoms. The minimum atomic E-state index is -3.81. The largest absolute Gasteiger partial charge is 0.506 e. The number of ether oxygens (including phenoxy) is 2. The van der Waals surface area contributed by atoms with E-state index in [1.54, 1.807) is 31.2 Å². The summed E-state index contributed by atoms with van der Waals surface area (Å²) in [5.74, 6) is -0.302. The number of nitrogens with one attached hydrogen (secondary N) is 3. The minimum absolute atomic E-state index is 0.00836. The Bertz CT molecular complexity index is 1680. The lowest BCUT2D eigenvalue weighted by Gasteiger charge is -2.34. The Morgan fingerprint density at radius 1 is 0.978 bits per heavy atom. The van der Waals surface area contributed by atoms with Crippen molar-refractivity contribution in [1.29, 1.82) is 0 Å². The van der Waals surface area contributed by atoms with Gasteiger partial charge in [0.25, 0.3) is 10.0 Å². The number of carbonyl (C=O) groups excluding carboxylic acids is 1. The summed E-state index contributed by atoms with van der Waals surface area (Å²) in [6.07, 6.45) is 1.92. The molecule has 0 saturated carbocycles. The summed E-state index contributed by atoms with van der Waals surface area (Å²) in [5, 5.41) is 23.6. The van der Waals surface area contributed by atoms with E-state index in [1.807, 2.05) is 12.1 Å². The molecule has 0 unspecified atom stereocenters. The van der Waals surface area contributed by atoms with Gasteiger partial charge >= 0.3 is 5.97 Å². The maximum Gasteiger partial charge on any atom is 0.310 e. The molecule has 4 rings (SSSR count). The van der Waals surface area contributed by atoms with Crippen LogP contribution >= 0.6 is 0 Å². The van der Waals surface area contributed by atoms with Gasteiger partial charge in [0.15, 0.2) is 0 Å². The average Bonchev–Trinajstić information content (AvgIpc) is 3.00. The summed E-state index contributed by atoms with van der Waals surface area (Å²) in [4.78, 5) is 14.0. The van der Waals surface area contributed by atoms with Gasteiger partial charge in [-0.15, -0.1) is 0 Å². The van der Waals surface area contributed by atoms with E-state index in [2.05, 4.69) is 19.7 Å². The molecule has 1 aliphatic heterocycles. The van der Waals surface area contributed by atoms with Gasteiger partial charge in [-0.1, -0.05) is 12.1 Å². The van der Waals surface area contributed by atoms with E-state index < -0.39 is 26.2 Å². The van der Waals surface area contributed by atoms with Gasteiger partial charge in [-0.3, -0.25) is 14.2 Å². The second-order valence-corrected chi connectivity index (χ2v) is 14.4. The number of hydrogen-bond donors (Lipinski definition) is 5. The van der Waals surface area contributed by atoms with Crippen LogP contribution in [0.1, 0.15) is 25.3 Å². The SMILES string of the molecule is CCOC(=O)Cc1ccc(S(=O)(=O)Nc2ccc(N3CCC(NC[C@H](O)COc4ccc(O)c(NS(C)(=O)=O)c4)CC3)cc2)cc1. The smallest absolute Gasteiger partial charge is 0.310 e. The first-order chi connectivity index (χ1) is 21.8. The number of rotatable bonds is 15. The van der Waals surface area contributed by atoms with E-state index in [-0.39, 0.29) is 48.0 Å². The van der Waals surface area contributed by atoms with E-state index in [9.17, 15) is 31.8 Å². The molecule has 0 amide bonds. The zero-order valence-corrected chi connectivity index (χ0v) is 27.3. The number of phenols is 1. The van der Waals surface area contributed by atoms with Crippen molar-refractivity contribution in [3.05, 3.63) is 72.3 Å².